The molecule has 0 fully saturated rings. The fraction of sp³-hybridized carbons (Fsp3) is 0.250. The molecule has 0 amide bonds. The molecule has 11 heteroatoms. The Hall–Kier alpha value is -3.99. The molecule has 0 saturated heterocycles. The van der Waals surface area contributed by atoms with E-state index in [-0.39, 0.29) is 11.2 Å². The SMILES string of the molecule is COc1c(-c2ccc3nc(NS(C)(=O)=O)cnc3c2)cc(-n2ccc(=O)[nH]c2=O)cc1C(C)(C)C. The van der Waals surface area contributed by atoms with Crippen molar-refractivity contribution < 1.29 is 13.2 Å². The summed E-state index contributed by atoms with van der Waals surface area (Å²) in [6.45, 7) is 6.11. The van der Waals surface area contributed by atoms with Gasteiger partial charge in [0.2, 0.25) is 10.0 Å². The van der Waals surface area contributed by atoms with Crippen molar-refractivity contribution >= 4 is 26.9 Å². The van der Waals surface area contributed by atoms with Crippen molar-refractivity contribution in [2.75, 3.05) is 18.1 Å². The second-order valence-corrected chi connectivity index (χ2v) is 10.9. The molecule has 4 aromatic rings. The van der Waals surface area contributed by atoms with Gasteiger partial charge in [-0.05, 0) is 35.2 Å². The van der Waals surface area contributed by atoms with E-state index in [1.165, 1.54) is 23.0 Å². The summed E-state index contributed by atoms with van der Waals surface area (Å²) in [4.78, 5) is 35.0. The second-order valence-electron chi connectivity index (χ2n) is 9.14. The Balaban J connectivity index is 1.94. The number of aromatic nitrogens is 4. The zero-order valence-electron chi connectivity index (χ0n) is 19.9. The lowest BCUT2D eigenvalue weighted by Gasteiger charge is -2.25. The van der Waals surface area contributed by atoms with E-state index in [1.807, 2.05) is 45.0 Å². The van der Waals surface area contributed by atoms with Crippen LogP contribution in [0.5, 0.6) is 5.75 Å². The minimum atomic E-state index is -3.48. The Bertz CT molecular complexity index is 1670. The molecule has 0 spiro atoms. The summed E-state index contributed by atoms with van der Waals surface area (Å²) in [5, 5.41) is 0. The highest BCUT2D eigenvalue weighted by Gasteiger charge is 2.24. The van der Waals surface area contributed by atoms with Gasteiger partial charge in [-0.25, -0.2) is 18.2 Å². The minimum absolute atomic E-state index is 0.125. The van der Waals surface area contributed by atoms with Crippen LogP contribution in [0.3, 0.4) is 0 Å². The van der Waals surface area contributed by atoms with Gasteiger partial charge in [-0.2, -0.15) is 0 Å². The van der Waals surface area contributed by atoms with Crippen molar-refractivity contribution in [3.05, 3.63) is 75.2 Å². The van der Waals surface area contributed by atoms with Gasteiger partial charge in [-0.3, -0.25) is 24.1 Å². The molecule has 0 bridgehead atoms. The lowest BCUT2D eigenvalue weighted by Crippen LogP contribution is -2.27. The van der Waals surface area contributed by atoms with Crippen molar-refractivity contribution in [2.24, 2.45) is 0 Å². The molecule has 0 aliphatic rings. The lowest BCUT2D eigenvalue weighted by molar-refractivity contribution is 0.399. The van der Waals surface area contributed by atoms with E-state index in [4.69, 9.17) is 4.74 Å². The molecule has 4 rings (SSSR count). The van der Waals surface area contributed by atoms with Gasteiger partial charge >= 0.3 is 5.69 Å². The first-order valence-electron chi connectivity index (χ1n) is 10.7. The number of methoxy groups -OCH3 is 1. The Morgan fingerprint density at radius 3 is 2.43 bits per heavy atom. The Kier molecular flexibility index (Phi) is 5.97. The fourth-order valence-electron chi connectivity index (χ4n) is 3.78. The highest BCUT2D eigenvalue weighted by molar-refractivity contribution is 7.92. The quantitative estimate of drug-likeness (QED) is 0.434. The van der Waals surface area contributed by atoms with E-state index in [1.54, 1.807) is 13.2 Å². The van der Waals surface area contributed by atoms with E-state index in [0.29, 0.717) is 22.5 Å². The predicted molar refractivity (Wildman–Crippen MR) is 135 cm³/mol. The maximum absolute atomic E-state index is 12.5. The second kappa shape index (κ2) is 8.66. The summed E-state index contributed by atoms with van der Waals surface area (Å²) in [6, 6.07) is 10.3. The predicted octanol–water partition coefficient (Wildman–Crippen LogP) is 2.81. The first-order valence-corrected chi connectivity index (χ1v) is 12.5. The van der Waals surface area contributed by atoms with Crippen LogP contribution in [0.25, 0.3) is 27.8 Å². The summed E-state index contributed by atoms with van der Waals surface area (Å²) in [6.07, 6.45) is 3.82. The Labute approximate surface area is 201 Å². The topological polar surface area (TPSA) is 136 Å². The van der Waals surface area contributed by atoms with Crippen molar-refractivity contribution in [3.63, 3.8) is 0 Å². The van der Waals surface area contributed by atoms with Gasteiger partial charge in [0.1, 0.15) is 5.75 Å². The number of fused-ring (bicyclic) bond motifs is 1. The van der Waals surface area contributed by atoms with E-state index < -0.39 is 21.3 Å². The number of nitrogens with one attached hydrogen (secondary N) is 2. The summed E-state index contributed by atoms with van der Waals surface area (Å²) < 4.78 is 32.5. The highest BCUT2D eigenvalue weighted by atomic mass is 32.2. The van der Waals surface area contributed by atoms with Crippen LogP contribution in [0.15, 0.2) is 58.4 Å². The minimum Gasteiger partial charge on any atom is -0.496 e. The van der Waals surface area contributed by atoms with E-state index in [0.717, 1.165) is 22.9 Å². The molecule has 35 heavy (non-hydrogen) atoms. The van der Waals surface area contributed by atoms with Gasteiger partial charge in [-0.1, -0.05) is 26.8 Å². The zero-order valence-corrected chi connectivity index (χ0v) is 20.7. The maximum Gasteiger partial charge on any atom is 0.332 e. The molecule has 10 nitrogen and oxygen atoms in total. The third-order valence-corrected chi connectivity index (χ3v) is 5.91. The number of rotatable bonds is 5. The number of nitrogens with zero attached hydrogens (tertiary/aromatic N) is 3. The third kappa shape index (κ3) is 5.09. The maximum atomic E-state index is 12.5. The third-order valence-electron chi connectivity index (χ3n) is 5.33. The molecule has 2 aromatic carbocycles. The van der Waals surface area contributed by atoms with Gasteiger partial charge in [0.15, 0.2) is 5.82 Å². The van der Waals surface area contributed by atoms with Crippen LogP contribution < -0.4 is 20.7 Å². The number of sulfonamides is 1. The standard InChI is InChI=1S/C24H25N5O5S/c1-24(2,3)17-12-15(29-9-8-21(30)27-23(29)31)11-16(22(17)34-4)14-6-7-18-19(10-14)25-13-20(26-18)28-35(5,32)33/h6-13H,1-5H3,(H,26,28)(H,27,30,31). The zero-order chi connectivity index (χ0) is 25.5. The number of anilines is 1. The summed E-state index contributed by atoms with van der Waals surface area (Å²) >= 11 is 0. The van der Waals surface area contributed by atoms with Crippen LogP contribution in [-0.2, 0) is 15.4 Å². The van der Waals surface area contributed by atoms with Gasteiger partial charge in [-0.15, -0.1) is 0 Å². The van der Waals surface area contributed by atoms with Crippen molar-refractivity contribution in [2.45, 2.75) is 26.2 Å². The number of hydrogen-bond donors (Lipinski definition) is 2. The summed E-state index contributed by atoms with van der Waals surface area (Å²) in [5.41, 5.74) is 2.60. The van der Waals surface area contributed by atoms with Crippen LogP contribution in [0.4, 0.5) is 5.82 Å². The average molecular weight is 496 g/mol. The number of hydrogen-bond acceptors (Lipinski definition) is 7. The van der Waals surface area contributed by atoms with Gasteiger partial charge < -0.3 is 4.74 Å². The molecule has 182 valence electrons. The van der Waals surface area contributed by atoms with Gasteiger partial charge in [0, 0.05) is 23.4 Å². The molecule has 2 heterocycles. The van der Waals surface area contributed by atoms with Crippen LogP contribution in [0, 0.1) is 0 Å². The fourth-order valence-corrected chi connectivity index (χ4v) is 4.26. The molecule has 0 aliphatic heterocycles. The van der Waals surface area contributed by atoms with Crippen LogP contribution in [-0.4, -0.2) is 41.3 Å². The van der Waals surface area contributed by atoms with E-state index in [9.17, 15) is 18.0 Å². The highest BCUT2D eigenvalue weighted by Crippen LogP contribution is 2.41. The first-order chi connectivity index (χ1) is 16.4. The molecule has 0 radical (unpaired) electrons. The average Bonchev–Trinajstić information content (AvgIpc) is 2.76. The monoisotopic (exact) mass is 495 g/mol. The van der Waals surface area contributed by atoms with E-state index >= 15 is 0 Å². The molecule has 2 N–H and O–H groups in total. The number of H-pyrrole nitrogens is 1. The van der Waals surface area contributed by atoms with Crippen LogP contribution in [0.1, 0.15) is 26.3 Å². The molecule has 2 aromatic heterocycles. The molecular formula is C24H25N5O5S. The molecular weight excluding hydrogens is 470 g/mol. The normalized spacial score (nSPS) is 12.0. The molecule has 0 aliphatic carbocycles. The lowest BCUT2D eigenvalue weighted by atomic mass is 9.83. The molecule has 0 atom stereocenters. The van der Waals surface area contributed by atoms with E-state index in [2.05, 4.69) is 19.7 Å². The van der Waals surface area contributed by atoms with Crippen LogP contribution in [0.2, 0.25) is 0 Å². The van der Waals surface area contributed by atoms with Crippen molar-refractivity contribution in [1.82, 2.24) is 19.5 Å². The Morgan fingerprint density at radius 1 is 1.06 bits per heavy atom. The number of ether oxygens (including phenoxy) is 1. The Morgan fingerprint density at radius 2 is 1.80 bits per heavy atom. The number of aromatic amines is 1. The van der Waals surface area contributed by atoms with Gasteiger partial charge in [0.05, 0.1) is 36.3 Å². The van der Waals surface area contributed by atoms with Crippen molar-refractivity contribution in [1.29, 1.82) is 0 Å². The van der Waals surface area contributed by atoms with Crippen molar-refractivity contribution in [3.8, 4) is 22.6 Å². The summed E-state index contributed by atoms with van der Waals surface area (Å²) in [7, 11) is -1.89. The first kappa shape index (κ1) is 24.1. The van der Waals surface area contributed by atoms with Crippen LogP contribution >= 0.6 is 0 Å². The smallest absolute Gasteiger partial charge is 0.332 e. The van der Waals surface area contributed by atoms with Gasteiger partial charge in [0.25, 0.3) is 5.56 Å². The largest absolute Gasteiger partial charge is 0.496 e. The number of benzene rings is 2. The molecule has 0 saturated carbocycles. The molecule has 0 unspecified atom stereocenters. The summed E-state index contributed by atoms with van der Waals surface area (Å²) in [5.74, 6) is 0.765.